The van der Waals surface area contributed by atoms with Crippen LogP contribution in [-0.4, -0.2) is 137 Å². The number of rotatable bonds is 10. The first-order chi connectivity index (χ1) is 27.5. The summed E-state index contributed by atoms with van der Waals surface area (Å²) in [6, 6.07) is 9.36. The zero-order chi connectivity index (χ0) is 42.0. The van der Waals surface area contributed by atoms with Crippen LogP contribution in [0.1, 0.15) is 83.9 Å². The highest BCUT2D eigenvalue weighted by Crippen LogP contribution is 2.57. The van der Waals surface area contributed by atoms with Gasteiger partial charge in [0.25, 0.3) is 0 Å². The molecular weight excluding hydrogens is 877 g/mol. The first-order valence-corrected chi connectivity index (χ1v) is 20.1. The second kappa shape index (κ2) is 16.8. The second-order valence-corrected chi connectivity index (χ2v) is 16.7. The Morgan fingerprint density at radius 2 is 1.62 bits per heavy atom. The number of nitrogens with one attached hydrogen (secondary N) is 1. The lowest BCUT2D eigenvalue weighted by Gasteiger charge is -2.45. The number of hydrogen-bond donors (Lipinski definition) is 12. The number of benzene rings is 3. The Balaban J connectivity index is 1.11. The van der Waals surface area contributed by atoms with Crippen molar-refractivity contribution < 1.29 is 79.9 Å². The molecule has 318 valence electrons. The van der Waals surface area contributed by atoms with Gasteiger partial charge in [0.1, 0.15) is 59.6 Å². The summed E-state index contributed by atoms with van der Waals surface area (Å²) in [5.74, 6) is -0.359. The van der Waals surface area contributed by atoms with Crippen molar-refractivity contribution in [2.24, 2.45) is 0 Å². The van der Waals surface area contributed by atoms with Gasteiger partial charge in [-0.15, -0.1) is 0 Å². The number of halogens is 1. The topological polar surface area (TPSA) is 281 Å². The van der Waals surface area contributed by atoms with Crippen LogP contribution in [0.3, 0.4) is 0 Å². The van der Waals surface area contributed by atoms with E-state index in [0.717, 1.165) is 5.56 Å². The number of methoxy groups -OCH3 is 1. The first-order valence-electron chi connectivity index (χ1n) is 19.0. The van der Waals surface area contributed by atoms with Crippen LogP contribution in [-0.2, 0) is 27.2 Å². The van der Waals surface area contributed by atoms with Gasteiger partial charge < -0.3 is 85.2 Å². The quantitative estimate of drug-likeness (QED) is 0.0952. The molecule has 5 unspecified atom stereocenters. The molecule has 2 aliphatic carbocycles. The minimum absolute atomic E-state index is 0.0284. The van der Waals surface area contributed by atoms with E-state index in [-0.39, 0.29) is 64.9 Å². The molecule has 4 aliphatic rings. The number of phenolic OH excluding ortho intramolecular Hbond substituents is 2. The molecule has 0 saturated carbocycles. The summed E-state index contributed by atoms with van der Waals surface area (Å²) in [6.45, 7) is 2.72. The van der Waals surface area contributed by atoms with Crippen LogP contribution in [0, 0.1) is 3.57 Å². The Morgan fingerprint density at radius 3 is 2.29 bits per heavy atom. The second-order valence-electron chi connectivity index (χ2n) is 15.5. The van der Waals surface area contributed by atoms with Gasteiger partial charge in [-0.3, -0.25) is 0 Å². The number of aromatic hydroxyl groups is 2. The molecule has 2 aliphatic heterocycles. The SMILES string of the molecule is COc1cccc2c1C(O)c1c(O)c3c(c(O)c1C2O)C[C@@](O)(C(C)O)C[C@@H]3OC1C[C@H](NCc2ccc(OC3O[C@@H](CO)[C@@H](O)[C@H](O)[C@H]3O)c(I)c2)[C@H](O)[C@H](C)O1. The predicted octanol–water partition coefficient (Wildman–Crippen LogP) is 0.136. The maximum atomic E-state index is 11.9. The highest BCUT2D eigenvalue weighted by atomic mass is 127. The molecule has 14 atom stereocenters. The molecule has 3 aromatic rings. The molecule has 0 aromatic heterocycles. The van der Waals surface area contributed by atoms with E-state index in [4.69, 9.17) is 23.7 Å². The standard InChI is InChI=1S/C40H50INO16/c1-15-31(45)21(42-13-17-7-8-22(20(41)9-17)57-39-38(52)37(51)34(48)25(14-43)58-39)10-26(55-15)56-24-12-40(53,16(2)44)11-19-28(24)36(50)30-29(33(19)47)32(46)18-5-4-6-23(54-3)27(18)35(30)49/h4-9,15-16,21,24-26,31-32,34-35,37-39,42-53H,10-14H2,1-3H3/t15-,16?,21-,24-,25-,26?,31+,32?,34+,35?,37-,38+,39?,40-/m0/s1. The fourth-order valence-electron chi connectivity index (χ4n) is 8.53. The van der Waals surface area contributed by atoms with Gasteiger partial charge in [-0.25, -0.2) is 0 Å². The van der Waals surface area contributed by atoms with E-state index in [1.165, 1.54) is 14.0 Å². The zero-order valence-corrected chi connectivity index (χ0v) is 34.0. The van der Waals surface area contributed by atoms with Gasteiger partial charge in [-0.2, -0.15) is 0 Å². The summed E-state index contributed by atoms with van der Waals surface area (Å²) >= 11 is 2.03. The highest BCUT2D eigenvalue weighted by Gasteiger charge is 2.50. The number of phenols is 2. The summed E-state index contributed by atoms with van der Waals surface area (Å²) in [7, 11) is 1.40. The molecular formula is C40H50INO16. The van der Waals surface area contributed by atoms with Crippen LogP contribution in [0.2, 0.25) is 0 Å². The highest BCUT2D eigenvalue weighted by molar-refractivity contribution is 14.1. The van der Waals surface area contributed by atoms with Gasteiger partial charge in [-0.05, 0) is 65.8 Å². The maximum Gasteiger partial charge on any atom is 0.229 e. The number of aliphatic hydroxyl groups excluding tert-OH is 8. The number of ether oxygens (including phenoxy) is 5. The van der Waals surface area contributed by atoms with E-state index in [1.54, 1.807) is 43.3 Å². The third-order valence-electron chi connectivity index (χ3n) is 11.9. The molecule has 18 heteroatoms. The molecule has 0 bridgehead atoms. The van der Waals surface area contributed by atoms with Crippen LogP contribution in [0.15, 0.2) is 36.4 Å². The van der Waals surface area contributed by atoms with Crippen LogP contribution >= 0.6 is 22.6 Å². The average Bonchev–Trinajstić information content (AvgIpc) is 3.19. The van der Waals surface area contributed by atoms with E-state index >= 15 is 0 Å². The van der Waals surface area contributed by atoms with Crippen molar-refractivity contribution in [1.29, 1.82) is 0 Å². The van der Waals surface area contributed by atoms with E-state index in [0.29, 0.717) is 9.32 Å². The van der Waals surface area contributed by atoms with Crippen molar-refractivity contribution >= 4 is 22.6 Å². The molecule has 2 fully saturated rings. The Bertz CT molecular complexity index is 1980. The molecule has 0 radical (unpaired) electrons. The van der Waals surface area contributed by atoms with Crippen molar-refractivity contribution in [2.45, 2.75) is 125 Å². The van der Waals surface area contributed by atoms with Crippen LogP contribution in [0.5, 0.6) is 23.0 Å². The molecule has 12 N–H and O–H groups in total. The summed E-state index contributed by atoms with van der Waals surface area (Å²) < 4.78 is 29.9. The van der Waals surface area contributed by atoms with Gasteiger partial charge in [-0.1, -0.05) is 18.2 Å². The maximum absolute atomic E-state index is 11.9. The van der Waals surface area contributed by atoms with Crippen molar-refractivity contribution in [3.05, 3.63) is 78.9 Å². The lowest BCUT2D eigenvalue weighted by atomic mass is 9.71. The van der Waals surface area contributed by atoms with E-state index in [9.17, 15) is 56.2 Å². The number of hydrogen-bond acceptors (Lipinski definition) is 17. The Hall–Kier alpha value is -2.93. The Kier molecular flexibility index (Phi) is 12.5. The molecule has 0 spiro atoms. The summed E-state index contributed by atoms with van der Waals surface area (Å²) in [6.07, 6.45) is -15.9. The van der Waals surface area contributed by atoms with Crippen LogP contribution in [0.4, 0.5) is 0 Å². The van der Waals surface area contributed by atoms with Crippen LogP contribution in [0.25, 0.3) is 0 Å². The lowest BCUT2D eigenvalue weighted by molar-refractivity contribution is -0.277. The number of aliphatic hydroxyl groups is 9. The largest absolute Gasteiger partial charge is 0.507 e. The average molecular weight is 928 g/mol. The fourth-order valence-corrected chi connectivity index (χ4v) is 9.24. The Labute approximate surface area is 347 Å². The van der Waals surface area contributed by atoms with Gasteiger partial charge in [0.15, 0.2) is 6.29 Å². The molecule has 7 rings (SSSR count). The Morgan fingerprint density at radius 1 is 0.897 bits per heavy atom. The lowest BCUT2D eigenvalue weighted by Crippen LogP contribution is -2.60. The van der Waals surface area contributed by atoms with Crippen molar-refractivity contribution in [3.8, 4) is 23.0 Å². The molecule has 17 nitrogen and oxygen atoms in total. The fraction of sp³-hybridized carbons (Fsp3) is 0.550. The molecule has 2 heterocycles. The van der Waals surface area contributed by atoms with Gasteiger partial charge in [0.2, 0.25) is 6.29 Å². The third kappa shape index (κ3) is 7.66. The van der Waals surface area contributed by atoms with Gasteiger partial charge in [0, 0.05) is 59.7 Å². The summed E-state index contributed by atoms with van der Waals surface area (Å²) in [5.41, 5.74) is -0.799. The summed E-state index contributed by atoms with van der Waals surface area (Å²) in [5, 5.41) is 124. The molecule has 58 heavy (non-hydrogen) atoms. The minimum atomic E-state index is -1.84. The van der Waals surface area contributed by atoms with Crippen molar-refractivity contribution in [2.75, 3.05) is 13.7 Å². The predicted molar refractivity (Wildman–Crippen MR) is 209 cm³/mol. The summed E-state index contributed by atoms with van der Waals surface area (Å²) in [4.78, 5) is 0. The monoisotopic (exact) mass is 927 g/mol. The molecule has 2 saturated heterocycles. The normalized spacial score (nSPS) is 35.1. The van der Waals surface area contributed by atoms with E-state index < -0.39 is 103 Å². The zero-order valence-electron chi connectivity index (χ0n) is 31.8. The third-order valence-corrected chi connectivity index (χ3v) is 12.7. The van der Waals surface area contributed by atoms with Crippen molar-refractivity contribution in [1.82, 2.24) is 5.32 Å². The van der Waals surface area contributed by atoms with Gasteiger partial charge >= 0.3 is 0 Å². The van der Waals surface area contributed by atoms with Crippen LogP contribution < -0.4 is 14.8 Å². The van der Waals surface area contributed by atoms with E-state index in [2.05, 4.69) is 5.32 Å². The molecule has 3 aromatic carbocycles. The van der Waals surface area contributed by atoms with Gasteiger partial charge in [0.05, 0.1) is 47.3 Å². The molecule has 0 amide bonds. The first kappa shape index (κ1) is 43.2. The van der Waals surface area contributed by atoms with E-state index in [1.807, 2.05) is 22.6 Å². The smallest absolute Gasteiger partial charge is 0.229 e. The van der Waals surface area contributed by atoms with Crippen molar-refractivity contribution in [3.63, 3.8) is 0 Å². The minimum Gasteiger partial charge on any atom is -0.507 e. The number of fused-ring (bicyclic) bond motifs is 3.